The minimum atomic E-state index is -0.502. The third-order valence-electron chi connectivity index (χ3n) is 5.60. The summed E-state index contributed by atoms with van der Waals surface area (Å²) < 4.78 is 4.98. The summed E-state index contributed by atoms with van der Waals surface area (Å²) in [6, 6.07) is 14.6. The fraction of sp³-hybridized carbons (Fsp3) is 0.320. The van der Waals surface area contributed by atoms with Gasteiger partial charge < -0.3 is 10.1 Å². The van der Waals surface area contributed by atoms with Gasteiger partial charge in [0.1, 0.15) is 11.1 Å². The predicted molar refractivity (Wildman–Crippen MR) is 132 cm³/mol. The number of benzene rings is 1. The zero-order chi connectivity index (χ0) is 24.1. The zero-order valence-corrected chi connectivity index (χ0v) is 20.6. The van der Waals surface area contributed by atoms with Gasteiger partial charge in [0.15, 0.2) is 10.8 Å². The molecule has 1 N–H and O–H groups in total. The number of pyridine rings is 1. The van der Waals surface area contributed by atoms with Gasteiger partial charge in [-0.2, -0.15) is 5.26 Å². The standard InChI is InChI=1S/C25H24N4O3S2/c1-3-32-24(31)22-15(2)34-25(29-22)28-21(30)14-33-23-19(13-26)12-18-11-17(9-10-20(18)27-23)16-7-5-4-6-8-16/h4-8,12,17H,3,9-11,14H2,1-2H3,(H,28,29,30)/t17-/m1/s1. The van der Waals surface area contributed by atoms with Crippen molar-refractivity contribution >= 4 is 40.1 Å². The Labute approximate surface area is 206 Å². The van der Waals surface area contributed by atoms with Crippen molar-refractivity contribution in [3.63, 3.8) is 0 Å². The number of hydrogen-bond acceptors (Lipinski definition) is 8. The van der Waals surface area contributed by atoms with E-state index in [1.54, 1.807) is 13.8 Å². The van der Waals surface area contributed by atoms with E-state index in [4.69, 9.17) is 9.72 Å². The van der Waals surface area contributed by atoms with Gasteiger partial charge in [0.05, 0.1) is 17.9 Å². The Kier molecular flexibility index (Phi) is 7.60. The maximum atomic E-state index is 12.5. The van der Waals surface area contributed by atoms with Crippen LogP contribution in [0.1, 0.15) is 57.0 Å². The highest BCUT2D eigenvalue weighted by molar-refractivity contribution is 8.00. The molecule has 0 spiro atoms. The maximum Gasteiger partial charge on any atom is 0.358 e. The molecule has 0 bridgehead atoms. The second-order valence-corrected chi connectivity index (χ2v) is 10.1. The van der Waals surface area contributed by atoms with Crippen molar-refractivity contribution in [1.29, 1.82) is 5.26 Å². The average Bonchev–Trinajstić information content (AvgIpc) is 3.22. The van der Waals surface area contributed by atoms with Gasteiger partial charge in [-0.3, -0.25) is 4.79 Å². The van der Waals surface area contributed by atoms with Crippen molar-refractivity contribution in [3.8, 4) is 6.07 Å². The lowest BCUT2D eigenvalue weighted by Gasteiger charge is -2.25. The highest BCUT2D eigenvalue weighted by Crippen LogP contribution is 2.34. The van der Waals surface area contributed by atoms with Crippen molar-refractivity contribution in [1.82, 2.24) is 9.97 Å². The molecule has 0 radical (unpaired) electrons. The summed E-state index contributed by atoms with van der Waals surface area (Å²) in [5.41, 5.74) is 4.12. The van der Waals surface area contributed by atoms with Crippen molar-refractivity contribution in [2.45, 2.75) is 44.1 Å². The number of thioether (sulfide) groups is 1. The number of anilines is 1. The minimum Gasteiger partial charge on any atom is -0.461 e. The van der Waals surface area contributed by atoms with E-state index in [1.807, 2.05) is 12.1 Å². The molecule has 34 heavy (non-hydrogen) atoms. The van der Waals surface area contributed by atoms with Gasteiger partial charge in [-0.05, 0) is 56.2 Å². The number of carbonyl (C=O) groups excluding carboxylic acids is 2. The molecule has 1 amide bonds. The van der Waals surface area contributed by atoms with Gasteiger partial charge in [-0.15, -0.1) is 11.3 Å². The van der Waals surface area contributed by atoms with E-state index in [9.17, 15) is 14.9 Å². The highest BCUT2D eigenvalue weighted by Gasteiger charge is 2.23. The number of fused-ring (bicyclic) bond motifs is 1. The summed E-state index contributed by atoms with van der Waals surface area (Å²) in [5.74, 6) is -0.271. The van der Waals surface area contributed by atoms with E-state index in [0.29, 0.717) is 26.5 Å². The maximum absolute atomic E-state index is 12.5. The number of aryl methyl sites for hydroxylation is 2. The fourth-order valence-corrected chi connectivity index (χ4v) is 5.57. The summed E-state index contributed by atoms with van der Waals surface area (Å²) in [5, 5.41) is 13.3. The molecule has 2 heterocycles. The SMILES string of the molecule is CCOC(=O)c1nc(NC(=O)CSc2nc3c(cc2C#N)C[C@H](c2ccccc2)CC3)sc1C. The predicted octanol–water partition coefficient (Wildman–Crippen LogP) is 4.90. The molecule has 0 saturated carbocycles. The molecule has 4 rings (SSSR count). The number of carbonyl (C=O) groups is 2. The molecule has 0 fully saturated rings. The van der Waals surface area contributed by atoms with Gasteiger partial charge in [-0.25, -0.2) is 14.8 Å². The number of amides is 1. The van der Waals surface area contributed by atoms with Crippen LogP contribution in [0.2, 0.25) is 0 Å². The third kappa shape index (κ3) is 5.46. The van der Waals surface area contributed by atoms with E-state index in [1.165, 1.54) is 28.7 Å². The quantitative estimate of drug-likeness (QED) is 0.369. The van der Waals surface area contributed by atoms with Gasteiger partial charge in [0.2, 0.25) is 5.91 Å². The van der Waals surface area contributed by atoms with Crippen LogP contribution in [0.3, 0.4) is 0 Å². The van der Waals surface area contributed by atoms with Gasteiger partial charge in [0, 0.05) is 10.6 Å². The van der Waals surface area contributed by atoms with Crippen LogP contribution >= 0.6 is 23.1 Å². The number of nitrogens with zero attached hydrogens (tertiary/aromatic N) is 3. The third-order valence-corrected chi connectivity index (χ3v) is 7.47. The van der Waals surface area contributed by atoms with Crippen LogP contribution in [0, 0.1) is 18.3 Å². The van der Waals surface area contributed by atoms with Crippen LogP contribution in [-0.4, -0.2) is 34.2 Å². The Morgan fingerprint density at radius 3 is 2.82 bits per heavy atom. The Balaban J connectivity index is 1.41. The van der Waals surface area contributed by atoms with Crippen molar-refractivity contribution in [3.05, 3.63) is 69.4 Å². The van der Waals surface area contributed by atoms with E-state index < -0.39 is 5.97 Å². The second-order valence-electron chi connectivity index (χ2n) is 7.89. The van der Waals surface area contributed by atoms with E-state index in [2.05, 4.69) is 40.6 Å². The first-order valence-electron chi connectivity index (χ1n) is 11.0. The second kappa shape index (κ2) is 10.8. The topological polar surface area (TPSA) is 105 Å². The van der Waals surface area contributed by atoms with Gasteiger partial charge in [0.25, 0.3) is 0 Å². The minimum absolute atomic E-state index is 0.0838. The first-order valence-corrected chi connectivity index (χ1v) is 12.8. The lowest BCUT2D eigenvalue weighted by atomic mass is 9.82. The number of thiazole rings is 1. The number of esters is 1. The number of nitrogens with one attached hydrogen (secondary N) is 1. The summed E-state index contributed by atoms with van der Waals surface area (Å²) in [6.45, 7) is 3.74. The average molecular weight is 493 g/mol. The molecular formula is C25H24N4O3S2. The molecule has 7 nitrogen and oxygen atoms in total. The van der Waals surface area contributed by atoms with Crippen molar-refractivity contribution in [2.24, 2.45) is 0 Å². The van der Waals surface area contributed by atoms with E-state index in [-0.39, 0.29) is 24.0 Å². The first kappa shape index (κ1) is 23.9. The van der Waals surface area contributed by atoms with Crippen molar-refractivity contribution in [2.75, 3.05) is 17.7 Å². The number of hydrogen-bond donors (Lipinski definition) is 1. The molecule has 1 aliphatic rings. The van der Waals surface area contributed by atoms with Crippen LogP contribution in [0.25, 0.3) is 0 Å². The smallest absolute Gasteiger partial charge is 0.358 e. The Morgan fingerprint density at radius 1 is 1.29 bits per heavy atom. The summed E-state index contributed by atoms with van der Waals surface area (Å²) >= 11 is 2.46. The van der Waals surface area contributed by atoms with Gasteiger partial charge in [-0.1, -0.05) is 42.1 Å². The normalized spacial score (nSPS) is 14.7. The number of rotatable bonds is 7. The van der Waals surface area contributed by atoms with E-state index >= 15 is 0 Å². The number of nitriles is 1. The highest BCUT2D eigenvalue weighted by atomic mass is 32.2. The van der Waals surface area contributed by atoms with Crippen LogP contribution in [0.15, 0.2) is 41.4 Å². The molecule has 3 aromatic rings. The molecule has 174 valence electrons. The molecule has 0 saturated heterocycles. The molecular weight excluding hydrogens is 468 g/mol. The van der Waals surface area contributed by atoms with Crippen LogP contribution in [-0.2, 0) is 22.4 Å². The molecule has 1 aromatic carbocycles. The molecule has 1 atom stereocenters. The van der Waals surface area contributed by atoms with Crippen LogP contribution in [0.4, 0.5) is 5.13 Å². The Hall–Kier alpha value is -3.22. The number of aromatic nitrogens is 2. The zero-order valence-electron chi connectivity index (χ0n) is 19.0. The Bertz CT molecular complexity index is 1250. The van der Waals surface area contributed by atoms with Gasteiger partial charge >= 0.3 is 5.97 Å². The molecule has 1 aliphatic carbocycles. The fourth-order valence-electron chi connectivity index (χ4n) is 3.97. The van der Waals surface area contributed by atoms with Crippen molar-refractivity contribution < 1.29 is 14.3 Å². The Morgan fingerprint density at radius 2 is 2.09 bits per heavy atom. The molecule has 9 heteroatoms. The molecule has 0 unspecified atom stereocenters. The molecule has 0 aliphatic heterocycles. The van der Waals surface area contributed by atoms with E-state index in [0.717, 1.165) is 30.5 Å². The lowest BCUT2D eigenvalue weighted by Crippen LogP contribution is -2.16. The largest absolute Gasteiger partial charge is 0.461 e. The summed E-state index contributed by atoms with van der Waals surface area (Å²) in [4.78, 5) is 34.0. The lowest BCUT2D eigenvalue weighted by molar-refractivity contribution is -0.113. The first-order chi connectivity index (χ1) is 16.5. The summed E-state index contributed by atoms with van der Waals surface area (Å²) in [6.07, 6.45) is 2.71. The molecule has 2 aromatic heterocycles. The summed E-state index contributed by atoms with van der Waals surface area (Å²) in [7, 11) is 0. The monoisotopic (exact) mass is 492 g/mol. The van der Waals surface area contributed by atoms with Crippen LogP contribution in [0.5, 0.6) is 0 Å². The number of ether oxygens (including phenoxy) is 1. The van der Waals surface area contributed by atoms with Crippen LogP contribution < -0.4 is 5.32 Å².